The van der Waals surface area contributed by atoms with Gasteiger partial charge in [-0.05, 0) is 55.0 Å². The van der Waals surface area contributed by atoms with E-state index in [2.05, 4.69) is 10.6 Å². The zero-order valence-corrected chi connectivity index (χ0v) is 19.1. The first-order valence-corrected chi connectivity index (χ1v) is 12.3. The van der Waals surface area contributed by atoms with Crippen LogP contribution in [0.1, 0.15) is 47.6 Å². The lowest BCUT2D eigenvalue weighted by Crippen LogP contribution is -2.51. The van der Waals surface area contributed by atoms with Gasteiger partial charge in [-0.25, -0.2) is 8.42 Å². The van der Waals surface area contributed by atoms with Crippen molar-refractivity contribution in [3.05, 3.63) is 77.1 Å². The van der Waals surface area contributed by atoms with E-state index in [1.54, 1.807) is 12.1 Å². The topological polar surface area (TPSA) is 116 Å². The molecule has 0 fully saturated rings. The summed E-state index contributed by atoms with van der Waals surface area (Å²) in [6.45, 7) is 1.81. The van der Waals surface area contributed by atoms with E-state index in [9.17, 15) is 23.1 Å². The smallest absolute Gasteiger partial charge is 0.264 e. The molecule has 3 N–H and O–H groups in total. The second kappa shape index (κ2) is 9.36. The Labute approximate surface area is 193 Å². The van der Waals surface area contributed by atoms with Gasteiger partial charge in [0.15, 0.2) is 0 Å². The van der Waals surface area contributed by atoms with E-state index < -0.39 is 27.9 Å². The Hall–Kier alpha value is -3.17. The Kier molecular flexibility index (Phi) is 6.53. The summed E-state index contributed by atoms with van der Waals surface area (Å²) in [6.07, 6.45) is 4.74. The highest BCUT2D eigenvalue weighted by Gasteiger charge is 2.37. The Morgan fingerprint density at radius 1 is 1.21 bits per heavy atom. The maximum atomic E-state index is 13.2. The number of nitrogens with zero attached hydrogens (tertiary/aromatic N) is 1. The normalized spacial score (nSPS) is 20.2. The molecule has 2 atom stereocenters. The van der Waals surface area contributed by atoms with Crippen molar-refractivity contribution in [1.82, 2.24) is 14.9 Å². The number of amides is 2. The van der Waals surface area contributed by atoms with Crippen LogP contribution in [-0.2, 0) is 32.6 Å². The van der Waals surface area contributed by atoms with Crippen LogP contribution in [0.4, 0.5) is 0 Å². The minimum Gasteiger partial charge on any atom is -0.392 e. The van der Waals surface area contributed by atoms with Gasteiger partial charge in [-0.2, -0.15) is 0 Å². The Morgan fingerprint density at radius 3 is 2.70 bits per heavy atom. The summed E-state index contributed by atoms with van der Waals surface area (Å²) in [6, 6.07) is 10.6. The van der Waals surface area contributed by atoms with Gasteiger partial charge in [0.05, 0.1) is 24.0 Å². The number of hydrogen-bond acceptors (Lipinski definition) is 5. The average molecular weight is 470 g/mol. The number of hydrogen-bond donors (Lipinski definition) is 3. The number of carbonyl (C=O) groups excluding carboxylic acids is 2. The zero-order chi connectivity index (χ0) is 23.6. The van der Waals surface area contributed by atoms with Gasteiger partial charge >= 0.3 is 0 Å². The molecule has 0 radical (unpaired) electrons. The monoisotopic (exact) mass is 469 g/mol. The Balaban J connectivity index is 1.52. The average Bonchev–Trinajstić information content (AvgIpc) is 2.80. The van der Waals surface area contributed by atoms with Crippen molar-refractivity contribution in [3.63, 3.8) is 0 Å². The predicted octanol–water partition coefficient (Wildman–Crippen LogP) is 2.03. The van der Waals surface area contributed by atoms with Crippen molar-refractivity contribution >= 4 is 21.8 Å². The second-order valence-corrected chi connectivity index (χ2v) is 10.2. The number of sulfonamides is 1. The van der Waals surface area contributed by atoms with Gasteiger partial charge in [0.2, 0.25) is 11.8 Å². The highest BCUT2D eigenvalue weighted by Crippen LogP contribution is 2.31. The highest BCUT2D eigenvalue weighted by molar-refractivity contribution is 7.89. The molecule has 2 aromatic carbocycles. The van der Waals surface area contributed by atoms with E-state index in [0.717, 1.165) is 45.8 Å². The van der Waals surface area contributed by atoms with Crippen LogP contribution in [0.25, 0.3) is 0 Å². The van der Waals surface area contributed by atoms with Crippen LogP contribution in [0.5, 0.6) is 0 Å². The Bertz CT molecular complexity index is 1190. The molecule has 2 aromatic rings. The third-order valence-corrected chi connectivity index (χ3v) is 7.87. The molecule has 1 aliphatic carbocycles. The largest absolute Gasteiger partial charge is 0.392 e. The molecule has 174 valence electrons. The molecule has 0 bridgehead atoms. The molecule has 0 spiro atoms. The second-order valence-electron chi connectivity index (χ2n) is 8.40. The standard InChI is InChI=1S/C24H27N3O5S/c1-16-5-8-19(9-6-16)33(31,32)27-12-11-25-24(30)22(27)14-23(29)26-21-4-2-3-18-13-17(15-28)7-10-20(18)21/h5-13,21-22,28H,2-4,14-15H2,1H3,(H,25,30)(H,26,29)/t21-,22-/m1/s1. The summed E-state index contributed by atoms with van der Waals surface area (Å²) in [5.74, 6) is -0.960. The van der Waals surface area contributed by atoms with Gasteiger partial charge in [-0.15, -0.1) is 0 Å². The van der Waals surface area contributed by atoms with E-state index >= 15 is 0 Å². The van der Waals surface area contributed by atoms with Gasteiger partial charge < -0.3 is 15.7 Å². The van der Waals surface area contributed by atoms with Gasteiger partial charge in [0.25, 0.3) is 10.0 Å². The number of fused-ring (bicyclic) bond motifs is 1. The van der Waals surface area contributed by atoms with Gasteiger partial charge in [0, 0.05) is 12.4 Å². The molecule has 0 saturated carbocycles. The van der Waals surface area contributed by atoms with Gasteiger partial charge in [-0.1, -0.05) is 35.9 Å². The number of benzene rings is 2. The number of carbonyl (C=O) groups is 2. The molecule has 9 heteroatoms. The zero-order valence-electron chi connectivity index (χ0n) is 18.3. The van der Waals surface area contributed by atoms with Crippen molar-refractivity contribution in [1.29, 1.82) is 0 Å². The summed E-state index contributed by atoms with van der Waals surface area (Å²) in [5.41, 5.74) is 3.81. The minimum absolute atomic E-state index is 0.0418. The molecule has 0 aromatic heterocycles. The van der Waals surface area contributed by atoms with Gasteiger partial charge in [0.1, 0.15) is 6.04 Å². The molecule has 8 nitrogen and oxygen atoms in total. The lowest BCUT2D eigenvalue weighted by molar-refractivity contribution is -0.129. The number of aliphatic hydroxyl groups excluding tert-OH is 1. The van der Waals surface area contributed by atoms with Crippen LogP contribution < -0.4 is 10.6 Å². The molecular weight excluding hydrogens is 442 g/mol. The third kappa shape index (κ3) is 4.79. The fourth-order valence-corrected chi connectivity index (χ4v) is 5.77. The number of aryl methyl sites for hydroxylation is 2. The van der Waals surface area contributed by atoms with Crippen molar-refractivity contribution in [2.24, 2.45) is 0 Å². The SMILES string of the molecule is Cc1ccc(S(=O)(=O)N2C=CNC(=O)[C@H]2CC(=O)N[C@@H]2CCCc3cc(CO)ccc32)cc1. The highest BCUT2D eigenvalue weighted by atomic mass is 32.2. The van der Waals surface area contributed by atoms with Crippen LogP contribution in [0.3, 0.4) is 0 Å². The minimum atomic E-state index is -4.01. The van der Waals surface area contributed by atoms with Crippen molar-refractivity contribution in [2.75, 3.05) is 0 Å². The molecule has 33 heavy (non-hydrogen) atoms. The van der Waals surface area contributed by atoms with Crippen molar-refractivity contribution < 1.29 is 23.1 Å². The predicted molar refractivity (Wildman–Crippen MR) is 122 cm³/mol. The lowest BCUT2D eigenvalue weighted by Gasteiger charge is -2.32. The maximum Gasteiger partial charge on any atom is 0.264 e. The fraction of sp³-hybridized carbons (Fsp3) is 0.333. The van der Waals surface area contributed by atoms with Crippen LogP contribution >= 0.6 is 0 Å². The molecule has 2 amide bonds. The summed E-state index contributed by atoms with van der Waals surface area (Å²) >= 11 is 0. The quantitative estimate of drug-likeness (QED) is 0.599. The van der Waals surface area contributed by atoms with Crippen molar-refractivity contribution in [3.8, 4) is 0 Å². The Morgan fingerprint density at radius 2 is 1.97 bits per heavy atom. The van der Waals surface area contributed by atoms with E-state index in [4.69, 9.17) is 0 Å². The number of rotatable bonds is 6. The summed E-state index contributed by atoms with van der Waals surface area (Å²) in [4.78, 5) is 25.6. The molecule has 4 rings (SSSR count). The summed E-state index contributed by atoms with van der Waals surface area (Å²) in [7, 11) is -4.01. The number of nitrogens with one attached hydrogen (secondary N) is 2. The van der Waals surface area contributed by atoms with Crippen LogP contribution in [-0.4, -0.2) is 35.7 Å². The molecule has 0 saturated heterocycles. The molecule has 0 unspecified atom stereocenters. The summed E-state index contributed by atoms with van der Waals surface area (Å²) in [5, 5.41) is 14.9. The molecule has 1 aliphatic heterocycles. The fourth-order valence-electron chi connectivity index (χ4n) is 4.32. The first-order chi connectivity index (χ1) is 15.8. The number of aliphatic hydroxyl groups is 1. The van der Waals surface area contributed by atoms with Crippen molar-refractivity contribution in [2.45, 2.75) is 56.2 Å². The maximum absolute atomic E-state index is 13.2. The molecular formula is C24H27N3O5S. The third-order valence-electron chi connectivity index (χ3n) is 6.07. The molecule has 2 aliphatic rings. The summed E-state index contributed by atoms with van der Waals surface area (Å²) < 4.78 is 27.3. The van der Waals surface area contributed by atoms with E-state index in [1.807, 2.05) is 25.1 Å². The van der Waals surface area contributed by atoms with Crippen LogP contribution in [0, 0.1) is 6.92 Å². The van der Waals surface area contributed by atoms with Gasteiger partial charge in [-0.3, -0.25) is 13.9 Å². The van der Waals surface area contributed by atoms with E-state index in [-0.39, 0.29) is 24.0 Å². The van der Waals surface area contributed by atoms with E-state index in [0.29, 0.717) is 0 Å². The van der Waals surface area contributed by atoms with Crippen LogP contribution in [0.2, 0.25) is 0 Å². The first kappa shape index (κ1) is 23.0. The first-order valence-electron chi connectivity index (χ1n) is 10.9. The van der Waals surface area contributed by atoms with E-state index in [1.165, 1.54) is 24.5 Å². The van der Waals surface area contributed by atoms with Crippen LogP contribution in [0.15, 0.2) is 59.8 Å². The lowest BCUT2D eigenvalue weighted by atomic mass is 9.86. The molecule has 1 heterocycles.